The number of phenols is 1. The smallest absolute Gasteiger partial charge is 0.121 e. The zero-order chi connectivity index (χ0) is 27.7. The molecule has 0 fully saturated rings. The third kappa shape index (κ3) is 3.34. The predicted molar refractivity (Wildman–Crippen MR) is 171 cm³/mol. The highest BCUT2D eigenvalue weighted by Crippen LogP contribution is 2.53. The van der Waals surface area contributed by atoms with Gasteiger partial charge < -0.3 is 5.11 Å². The number of aryl methyl sites for hydroxylation is 1. The van der Waals surface area contributed by atoms with Crippen molar-refractivity contribution in [3.8, 4) is 39.1 Å². The first-order chi connectivity index (χ1) is 19.4. The van der Waals surface area contributed by atoms with Crippen LogP contribution in [-0.4, -0.2) is 5.11 Å². The van der Waals surface area contributed by atoms with E-state index in [1.165, 1.54) is 82.7 Å². The SMILES string of the molecule is CCc1c(O)c(C)cc2c1Cc1c(C)c(C)c(C)c(-c3c4ccccc4c(-c4ccccc4)c4ccccc34)c1-2. The average molecular weight is 519 g/mol. The molecule has 196 valence electrons. The van der Waals surface area contributed by atoms with E-state index >= 15 is 0 Å². The summed E-state index contributed by atoms with van der Waals surface area (Å²) >= 11 is 0. The highest BCUT2D eigenvalue weighted by molar-refractivity contribution is 6.23. The molecule has 0 aromatic heterocycles. The van der Waals surface area contributed by atoms with Crippen LogP contribution in [0.2, 0.25) is 0 Å². The van der Waals surface area contributed by atoms with Gasteiger partial charge in [-0.1, -0.05) is 85.8 Å². The number of hydrogen-bond donors (Lipinski definition) is 1. The standard InChI is InChI=1S/C39H34O/c1-6-27-33-21-32-24(4)23(3)25(5)35(38(32)34(33)20-22(2)39(27)40)37-30-18-12-10-16-28(30)36(26-14-8-7-9-15-26)29-17-11-13-19-31(29)37/h7-20,40H,6,21H2,1-5H3. The first-order valence-electron chi connectivity index (χ1n) is 14.4. The summed E-state index contributed by atoms with van der Waals surface area (Å²) in [6.07, 6.45) is 1.70. The molecule has 0 saturated heterocycles. The van der Waals surface area contributed by atoms with Crippen LogP contribution >= 0.6 is 0 Å². The molecule has 1 aliphatic carbocycles. The number of rotatable bonds is 3. The average Bonchev–Trinajstić information content (AvgIpc) is 3.35. The van der Waals surface area contributed by atoms with E-state index in [1.807, 2.05) is 6.92 Å². The molecule has 0 spiro atoms. The van der Waals surface area contributed by atoms with Crippen molar-refractivity contribution in [3.05, 3.63) is 124 Å². The largest absolute Gasteiger partial charge is 0.507 e. The molecule has 0 bridgehead atoms. The van der Waals surface area contributed by atoms with E-state index in [1.54, 1.807) is 0 Å². The minimum absolute atomic E-state index is 0.463. The van der Waals surface area contributed by atoms with Crippen LogP contribution in [0.15, 0.2) is 84.9 Å². The van der Waals surface area contributed by atoms with E-state index in [0.29, 0.717) is 5.75 Å². The molecular formula is C39H34O. The molecule has 1 nitrogen and oxygen atoms in total. The maximum atomic E-state index is 11.0. The second-order valence-electron chi connectivity index (χ2n) is 11.4. The van der Waals surface area contributed by atoms with E-state index in [9.17, 15) is 5.11 Å². The number of benzene rings is 6. The van der Waals surface area contributed by atoms with Crippen LogP contribution in [0.5, 0.6) is 5.75 Å². The van der Waals surface area contributed by atoms with Gasteiger partial charge in [-0.15, -0.1) is 0 Å². The van der Waals surface area contributed by atoms with Crippen molar-refractivity contribution < 1.29 is 5.11 Å². The third-order valence-corrected chi connectivity index (χ3v) is 9.43. The molecule has 0 amide bonds. The molecular weight excluding hydrogens is 484 g/mol. The Morgan fingerprint density at radius 2 is 1.12 bits per heavy atom. The van der Waals surface area contributed by atoms with Crippen LogP contribution < -0.4 is 0 Å². The highest BCUT2D eigenvalue weighted by atomic mass is 16.3. The van der Waals surface area contributed by atoms with Crippen molar-refractivity contribution in [2.24, 2.45) is 0 Å². The molecule has 0 radical (unpaired) electrons. The summed E-state index contributed by atoms with van der Waals surface area (Å²) in [5.41, 5.74) is 16.7. The fourth-order valence-corrected chi connectivity index (χ4v) is 7.26. The Hall–Kier alpha value is -4.36. The highest BCUT2D eigenvalue weighted by Gasteiger charge is 2.31. The van der Waals surface area contributed by atoms with Gasteiger partial charge >= 0.3 is 0 Å². The number of phenolic OH excluding ortho intramolecular Hbond substituents is 1. The second-order valence-corrected chi connectivity index (χ2v) is 11.4. The lowest BCUT2D eigenvalue weighted by Gasteiger charge is -2.24. The first kappa shape index (κ1) is 24.7. The summed E-state index contributed by atoms with van der Waals surface area (Å²) in [6, 6.07) is 30.9. The van der Waals surface area contributed by atoms with Crippen molar-refractivity contribution in [2.45, 2.75) is 47.5 Å². The molecule has 1 heteroatoms. The zero-order valence-electron chi connectivity index (χ0n) is 23.9. The zero-order valence-corrected chi connectivity index (χ0v) is 23.9. The molecule has 0 unspecified atom stereocenters. The minimum atomic E-state index is 0.463. The lowest BCUT2D eigenvalue weighted by molar-refractivity contribution is 0.464. The van der Waals surface area contributed by atoms with Gasteiger partial charge in [0.25, 0.3) is 0 Å². The number of fused-ring (bicyclic) bond motifs is 5. The van der Waals surface area contributed by atoms with Gasteiger partial charge in [0.15, 0.2) is 0 Å². The van der Waals surface area contributed by atoms with Crippen LogP contribution in [0.3, 0.4) is 0 Å². The van der Waals surface area contributed by atoms with Crippen molar-refractivity contribution in [1.82, 2.24) is 0 Å². The third-order valence-electron chi connectivity index (χ3n) is 9.43. The Morgan fingerprint density at radius 3 is 1.70 bits per heavy atom. The van der Waals surface area contributed by atoms with Crippen molar-refractivity contribution >= 4 is 21.5 Å². The van der Waals surface area contributed by atoms with E-state index < -0.39 is 0 Å². The first-order valence-corrected chi connectivity index (χ1v) is 14.4. The molecule has 1 N–H and O–H groups in total. The predicted octanol–water partition coefficient (Wildman–Crippen LogP) is 10.4. The maximum Gasteiger partial charge on any atom is 0.121 e. The molecule has 0 saturated carbocycles. The molecule has 0 aliphatic heterocycles. The maximum absolute atomic E-state index is 11.0. The van der Waals surface area contributed by atoms with Crippen LogP contribution in [0.1, 0.15) is 45.9 Å². The Morgan fingerprint density at radius 1 is 0.575 bits per heavy atom. The lowest BCUT2D eigenvalue weighted by atomic mass is 9.79. The van der Waals surface area contributed by atoms with Gasteiger partial charge in [-0.2, -0.15) is 0 Å². The summed E-state index contributed by atoms with van der Waals surface area (Å²) in [5.74, 6) is 0.463. The van der Waals surface area contributed by atoms with Crippen LogP contribution in [0, 0.1) is 27.7 Å². The van der Waals surface area contributed by atoms with Gasteiger partial charge in [0.1, 0.15) is 5.75 Å². The molecule has 40 heavy (non-hydrogen) atoms. The van der Waals surface area contributed by atoms with Crippen LogP contribution in [0.25, 0.3) is 54.9 Å². The molecule has 7 rings (SSSR count). The van der Waals surface area contributed by atoms with Crippen molar-refractivity contribution in [2.75, 3.05) is 0 Å². The van der Waals surface area contributed by atoms with Crippen LogP contribution in [0.4, 0.5) is 0 Å². The fraction of sp³-hybridized carbons (Fsp3) is 0.179. The number of aromatic hydroxyl groups is 1. The monoisotopic (exact) mass is 518 g/mol. The Balaban J connectivity index is 1.70. The summed E-state index contributed by atoms with van der Waals surface area (Å²) < 4.78 is 0. The van der Waals surface area contributed by atoms with E-state index in [-0.39, 0.29) is 0 Å². The van der Waals surface area contributed by atoms with Crippen molar-refractivity contribution in [1.29, 1.82) is 0 Å². The van der Waals surface area contributed by atoms with E-state index in [4.69, 9.17) is 0 Å². The minimum Gasteiger partial charge on any atom is -0.507 e. The normalized spacial score (nSPS) is 12.2. The molecule has 1 aliphatic rings. The topological polar surface area (TPSA) is 20.2 Å². The van der Waals surface area contributed by atoms with Crippen LogP contribution in [-0.2, 0) is 12.8 Å². The summed E-state index contributed by atoms with van der Waals surface area (Å²) in [4.78, 5) is 0. The molecule has 6 aromatic carbocycles. The van der Waals surface area contributed by atoms with Gasteiger partial charge in [0.2, 0.25) is 0 Å². The van der Waals surface area contributed by atoms with E-state index in [2.05, 4.69) is 113 Å². The molecule has 0 heterocycles. The van der Waals surface area contributed by atoms with Gasteiger partial charge in [-0.3, -0.25) is 0 Å². The Labute approximate surface area is 236 Å². The van der Waals surface area contributed by atoms with Crippen molar-refractivity contribution in [3.63, 3.8) is 0 Å². The van der Waals surface area contributed by atoms with Gasteiger partial charge in [-0.05, 0) is 140 Å². The second kappa shape index (κ2) is 9.10. The van der Waals surface area contributed by atoms with E-state index in [0.717, 1.165) is 24.0 Å². The Kier molecular flexibility index (Phi) is 5.61. The fourth-order valence-electron chi connectivity index (χ4n) is 7.26. The summed E-state index contributed by atoms with van der Waals surface area (Å²) in [5, 5.41) is 16.2. The lowest BCUT2D eigenvalue weighted by Crippen LogP contribution is -2.00. The quantitative estimate of drug-likeness (QED) is 0.231. The number of hydrogen-bond acceptors (Lipinski definition) is 1. The molecule has 6 aromatic rings. The van der Waals surface area contributed by atoms with Gasteiger partial charge in [-0.25, -0.2) is 0 Å². The summed E-state index contributed by atoms with van der Waals surface area (Å²) in [6.45, 7) is 11.1. The van der Waals surface area contributed by atoms with Gasteiger partial charge in [0, 0.05) is 0 Å². The Bertz CT molecular complexity index is 1940. The van der Waals surface area contributed by atoms with Gasteiger partial charge in [0.05, 0.1) is 0 Å². The summed E-state index contributed by atoms with van der Waals surface area (Å²) in [7, 11) is 0. The molecule has 0 atom stereocenters.